The third-order valence-corrected chi connectivity index (χ3v) is 2.93. The van der Waals surface area contributed by atoms with E-state index in [4.69, 9.17) is 0 Å². The third kappa shape index (κ3) is 12.3. The molecule has 3 nitrogen and oxygen atoms in total. The van der Waals surface area contributed by atoms with Crippen molar-refractivity contribution in [3.8, 4) is 0 Å². The van der Waals surface area contributed by atoms with Crippen LogP contribution in [-0.2, 0) is 0 Å². The van der Waals surface area contributed by atoms with E-state index < -0.39 is 0 Å². The van der Waals surface area contributed by atoms with Crippen LogP contribution in [0.1, 0.15) is 40.5 Å². The predicted molar refractivity (Wildman–Crippen MR) is 84.4 cm³/mol. The van der Waals surface area contributed by atoms with Crippen LogP contribution in [0.3, 0.4) is 0 Å². The molecule has 0 saturated carbocycles. The summed E-state index contributed by atoms with van der Waals surface area (Å²) in [6.45, 7) is 15.5. The first-order chi connectivity index (χ1) is 8.68. The second-order valence-corrected chi connectivity index (χ2v) is 4.66. The fourth-order valence-corrected chi connectivity index (χ4v) is 1.83. The maximum atomic E-state index is 2.59. The summed E-state index contributed by atoms with van der Waals surface area (Å²) in [5.74, 6) is 0. The zero-order chi connectivity index (χ0) is 14.4. The predicted octanol–water partition coefficient (Wildman–Crippen LogP) is 2.63. The Hall–Kier alpha value is -0.120. The lowest BCUT2D eigenvalue weighted by Crippen LogP contribution is -2.44. The van der Waals surface area contributed by atoms with Crippen LogP contribution in [0, 0.1) is 0 Å². The number of unbranched alkanes of at least 4 members (excludes halogenated alkanes) is 1. The van der Waals surface area contributed by atoms with Gasteiger partial charge in [-0.15, -0.1) is 0 Å². The zero-order valence-corrected chi connectivity index (χ0v) is 14.0. The van der Waals surface area contributed by atoms with Gasteiger partial charge in [-0.3, -0.25) is 0 Å². The summed E-state index contributed by atoms with van der Waals surface area (Å²) < 4.78 is 0. The normalized spacial score (nSPS) is 16.7. The molecule has 112 valence electrons. The smallest absolute Gasteiger partial charge is 0.0110 e. The van der Waals surface area contributed by atoms with E-state index in [1.54, 1.807) is 0 Å². The maximum Gasteiger partial charge on any atom is 0.0110 e. The van der Waals surface area contributed by atoms with Gasteiger partial charge in [0.2, 0.25) is 0 Å². The van der Waals surface area contributed by atoms with Gasteiger partial charge in [0.05, 0.1) is 0 Å². The zero-order valence-electron chi connectivity index (χ0n) is 14.0. The molecule has 1 rings (SSSR count). The van der Waals surface area contributed by atoms with Crippen molar-refractivity contribution in [2.24, 2.45) is 0 Å². The maximum absolute atomic E-state index is 2.59. The highest BCUT2D eigenvalue weighted by molar-refractivity contribution is 4.68. The van der Waals surface area contributed by atoms with Gasteiger partial charge >= 0.3 is 0 Å². The van der Waals surface area contributed by atoms with Crippen molar-refractivity contribution in [3.05, 3.63) is 0 Å². The van der Waals surface area contributed by atoms with Gasteiger partial charge in [-0.25, -0.2) is 0 Å². The standard InChI is InChI=1S/C11H25N3.2C2H6/c1-12(2)6-4-5-7-14-10-8-13(3)9-11-14;2*1-2/h4-11H2,1-3H3;2*1-2H3. The van der Waals surface area contributed by atoms with Crippen LogP contribution in [0.25, 0.3) is 0 Å². The first-order valence-electron chi connectivity index (χ1n) is 7.74. The Morgan fingerprint density at radius 3 is 1.78 bits per heavy atom. The summed E-state index contributed by atoms with van der Waals surface area (Å²) in [5, 5.41) is 0. The Morgan fingerprint density at radius 2 is 1.33 bits per heavy atom. The highest BCUT2D eigenvalue weighted by Crippen LogP contribution is 2.01. The molecule has 0 aliphatic carbocycles. The molecule has 3 heteroatoms. The van der Waals surface area contributed by atoms with Crippen LogP contribution in [-0.4, -0.2) is 75.1 Å². The summed E-state index contributed by atoms with van der Waals surface area (Å²) in [6, 6.07) is 0. The molecule has 0 amide bonds. The Labute approximate surface area is 116 Å². The number of likely N-dealkylation sites (N-methyl/N-ethyl adjacent to an activating group) is 1. The molecule has 0 aromatic rings. The van der Waals surface area contributed by atoms with E-state index in [0.717, 1.165) is 0 Å². The van der Waals surface area contributed by atoms with Gasteiger partial charge in [-0.1, -0.05) is 27.7 Å². The molecule has 1 aliphatic heterocycles. The van der Waals surface area contributed by atoms with E-state index in [2.05, 4.69) is 35.8 Å². The van der Waals surface area contributed by atoms with Gasteiger partial charge in [0.1, 0.15) is 0 Å². The molecule has 0 bridgehead atoms. The molecule has 0 spiro atoms. The lowest BCUT2D eigenvalue weighted by atomic mass is 10.2. The Bertz CT molecular complexity index is 141. The molecular formula is C15H37N3. The number of piperazine rings is 1. The average Bonchev–Trinajstić information content (AvgIpc) is 2.41. The fraction of sp³-hybridized carbons (Fsp3) is 1.00. The summed E-state index contributed by atoms with van der Waals surface area (Å²) >= 11 is 0. The number of hydrogen-bond donors (Lipinski definition) is 0. The van der Waals surface area contributed by atoms with Crippen LogP contribution < -0.4 is 0 Å². The van der Waals surface area contributed by atoms with Crippen LogP contribution >= 0.6 is 0 Å². The van der Waals surface area contributed by atoms with Crippen molar-refractivity contribution >= 4 is 0 Å². The van der Waals surface area contributed by atoms with Crippen molar-refractivity contribution in [2.45, 2.75) is 40.5 Å². The van der Waals surface area contributed by atoms with E-state index in [9.17, 15) is 0 Å². The first-order valence-corrected chi connectivity index (χ1v) is 7.74. The first kappa shape index (κ1) is 20.2. The molecule has 18 heavy (non-hydrogen) atoms. The highest BCUT2D eigenvalue weighted by atomic mass is 15.2. The van der Waals surface area contributed by atoms with E-state index >= 15 is 0 Å². The fourth-order valence-electron chi connectivity index (χ4n) is 1.83. The monoisotopic (exact) mass is 259 g/mol. The minimum atomic E-state index is 1.23. The number of rotatable bonds is 5. The summed E-state index contributed by atoms with van der Waals surface area (Å²) in [5.41, 5.74) is 0. The van der Waals surface area contributed by atoms with Crippen molar-refractivity contribution in [3.63, 3.8) is 0 Å². The number of hydrogen-bond acceptors (Lipinski definition) is 3. The van der Waals surface area contributed by atoms with Crippen molar-refractivity contribution in [2.75, 3.05) is 60.4 Å². The lowest BCUT2D eigenvalue weighted by molar-refractivity contribution is 0.151. The molecule has 0 radical (unpaired) electrons. The van der Waals surface area contributed by atoms with Crippen LogP contribution in [0.2, 0.25) is 0 Å². The van der Waals surface area contributed by atoms with Gasteiger partial charge < -0.3 is 14.7 Å². The Kier molecular flexibility index (Phi) is 16.8. The molecule has 0 unspecified atom stereocenters. The Balaban J connectivity index is 0. The molecule has 0 N–H and O–H groups in total. The molecular weight excluding hydrogens is 222 g/mol. The van der Waals surface area contributed by atoms with Crippen molar-refractivity contribution in [1.82, 2.24) is 14.7 Å². The minimum absolute atomic E-state index is 1.23. The topological polar surface area (TPSA) is 9.72 Å². The van der Waals surface area contributed by atoms with E-state index in [1.807, 2.05) is 27.7 Å². The van der Waals surface area contributed by atoms with Crippen molar-refractivity contribution < 1.29 is 0 Å². The summed E-state index contributed by atoms with van der Waals surface area (Å²) in [7, 11) is 6.51. The average molecular weight is 259 g/mol. The van der Waals surface area contributed by atoms with Gasteiger partial charge in [-0.2, -0.15) is 0 Å². The molecule has 0 aromatic carbocycles. The van der Waals surface area contributed by atoms with Crippen LogP contribution in [0.4, 0.5) is 0 Å². The largest absolute Gasteiger partial charge is 0.309 e. The van der Waals surface area contributed by atoms with E-state index in [-0.39, 0.29) is 0 Å². The van der Waals surface area contributed by atoms with E-state index in [1.165, 1.54) is 52.1 Å². The quantitative estimate of drug-likeness (QED) is 0.703. The van der Waals surface area contributed by atoms with Gasteiger partial charge in [-0.05, 0) is 47.1 Å². The number of nitrogens with zero attached hydrogens (tertiary/aromatic N) is 3. The second-order valence-electron chi connectivity index (χ2n) is 4.66. The van der Waals surface area contributed by atoms with Gasteiger partial charge in [0.25, 0.3) is 0 Å². The summed E-state index contributed by atoms with van der Waals surface area (Å²) in [6.07, 6.45) is 2.68. The minimum Gasteiger partial charge on any atom is -0.309 e. The SMILES string of the molecule is CC.CC.CN(C)CCCCN1CCN(C)CC1. The third-order valence-electron chi connectivity index (χ3n) is 2.93. The van der Waals surface area contributed by atoms with E-state index in [0.29, 0.717) is 0 Å². The molecule has 0 aromatic heterocycles. The van der Waals surface area contributed by atoms with Crippen LogP contribution in [0.15, 0.2) is 0 Å². The van der Waals surface area contributed by atoms with Gasteiger partial charge in [0, 0.05) is 26.2 Å². The molecule has 1 heterocycles. The molecule has 0 atom stereocenters. The van der Waals surface area contributed by atoms with Gasteiger partial charge in [0.15, 0.2) is 0 Å². The lowest BCUT2D eigenvalue weighted by Gasteiger charge is -2.32. The second kappa shape index (κ2) is 14.9. The Morgan fingerprint density at radius 1 is 0.833 bits per heavy atom. The van der Waals surface area contributed by atoms with Crippen molar-refractivity contribution in [1.29, 1.82) is 0 Å². The van der Waals surface area contributed by atoms with Crippen LogP contribution in [0.5, 0.6) is 0 Å². The molecule has 1 fully saturated rings. The highest BCUT2D eigenvalue weighted by Gasteiger charge is 2.12. The molecule has 1 aliphatic rings. The molecule has 1 saturated heterocycles. The summed E-state index contributed by atoms with van der Waals surface area (Å²) in [4.78, 5) is 7.27.